The van der Waals surface area contributed by atoms with Gasteiger partial charge in [0.2, 0.25) is 5.91 Å². The van der Waals surface area contributed by atoms with Crippen molar-refractivity contribution in [2.45, 2.75) is 0 Å². The molecule has 3 aromatic rings. The molecule has 4 rings (SSSR count). The summed E-state index contributed by atoms with van der Waals surface area (Å²) in [4.78, 5) is 32.3. The number of aromatic amines is 1. The highest BCUT2D eigenvalue weighted by molar-refractivity contribution is 6.32. The number of carbonyl (C=O) groups excluding carboxylic acids is 1. The molecule has 0 bridgehead atoms. The normalized spacial score (nSPS) is 15.8. The average Bonchev–Trinajstić information content (AvgIpc) is 2.71. The molecule has 0 aliphatic carbocycles. The van der Waals surface area contributed by atoms with E-state index in [4.69, 9.17) is 16.7 Å². The number of nitrogens with zero attached hydrogens (tertiary/aromatic N) is 2. The summed E-state index contributed by atoms with van der Waals surface area (Å²) in [6.07, 6.45) is 0. The van der Waals surface area contributed by atoms with Crippen molar-refractivity contribution < 1.29 is 9.90 Å². The van der Waals surface area contributed by atoms with Crippen LogP contribution in [0.4, 0.5) is 5.69 Å². The van der Waals surface area contributed by atoms with Crippen LogP contribution in [0.5, 0.6) is 0 Å². The van der Waals surface area contributed by atoms with E-state index < -0.39 is 0 Å². The molecule has 0 unspecified atom stereocenters. The Morgan fingerprint density at radius 2 is 1.76 bits per heavy atom. The molecule has 7 nitrogen and oxygen atoms in total. The second-order valence-corrected chi connectivity index (χ2v) is 7.70. The highest BCUT2D eigenvalue weighted by Gasteiger charge is 2.19. The molecule has 1 aliphatic heterocycles. The average molecular weight is 415 g/mol. The summed E-state index contributed by atoms with van der Waals surface area (Å²) in [5.74, 6) is -0.154. The second kappa shape index (κ2) is 8.51. The number of pyridine rings is 1. The number of H-pyrrole nitrogens is 1. The Hall–Kier alpha value is -2.45. The Morgan fingerprint density at radius 3 is 2.48 bits per heavy atom. The van der Waals surface area contributed by atoms with Gasteiger partial charge in [-0.2, -0.15) is 0 Å². The molecule has 0 spiro atoms. The Labute approximate surface area is 172 Å². The first-order valence-electron chi connectivity index (χ1n) is 9.65. The van der Waals surface area contributed by atoms with E-state index in [9.17, 15) is 9.59 Å². The lowest BCUT2D eigenvalue weighted by Gasteiger charge is -2.33. The molecule has 2 heterocycles. The molecule has 1 saturated heterocycles. The summed E-state index contributed by atoms with van der Waals surface area (Å²) < 4.78 is 0. The zero-order valence-electron chi connectivity index (χ0n) is 15.9. The summed E-state index contributed by atoms with van der Waals surface area (Å²) in [7, 11) is 0. The first kappa shape index (κ1) is 19.8. The van der Waals surface area contributed by atoms with Crippen LogP contribution in [-0.4, -0.2) is 71.7 Å². The van der Waals surface area contributed by atoms with Gasteiger partial charge in [-0.15, -0.1) is 0 Å². The van der Waals surface area contributed by atoms with E-state index in [2.05, 4.69) is 20.1 Å². The number of halogens is 1. The van der Waals surface area contributed by atoms with Crippen LogP contribution in [0.25, 0.3) is 21.7 Å². The number of anilines is 1. The van der Waals surface area contributed by atoms with Crippen LogP contribution >= 0.6 is 11.6 Å². The van der Waals surface area contributed by atoms with Gasteiger partial charge in [0.15, 0.2) is 0 Å². The maximum absolute atomic E-state index is 12.6. The molecule has 0 saturated carbocycles. The standard InChI is InChI=1S/C21H23ClN4O3/c22-14-11-17-15-3-1-2-4-16(15)21(29)24-20(17)18(12-14)23-19(28)13-26-7-5-25(6-8-26)9-10-27/h1-4,11-12,27H,5-10,13H2,(H,23,28)(H,24,29). The molecule has 1 aliphatic rings. The number of benzene rings is 2. The predicted molar refractivity (Wildman–Crippen MR) is 116 cm³/mol. The molecule has 29 heavy (non-hydrogen) atoms. The molecule has 152 valence electrons. The number of carbonyl (C=O) groups is 1. The zero-order chi connectivity index (χ0) is 20.4. The van der Waals surface area contributed by atoms with Crippen molar-refractivity contribution in [2.24, 2.45) is 0 Å². The Bertz CT molecular complexity index is 1110. The maximum Gasteiger partial charge on any atom is 0.256 e. The minimum absolute atomic E-state index is 0.148. The monoisotopic (exact) mass is 414 g/mol. The number of hydrogen-bond donors (Lipinski definition) is 3. The second-order valence-electron chi connectivity index (χ2n) is 7.27. The predicted octanol–water partition coefficient (Wildman–Crippen LogP) is 1.88. The van der Waals surface area contributed by atoms with E-state index in [-0.39, 0.29) is 24.6 Å². The molecule has 0 radical (unpaired) electrons. The summed E-state index contributed by atoms with van der Waals surface area (Å²) >= 11 is 6.31. The molecule has 2 aromatic carbocycles. The third kappa shape index (κ3) is 4.28. The number of amides is 1. The topological polar surface area (TPSA) is 88.7 Å². The van der Waals surface area contributed by atoms with Crippen LogP contribution in [-0.2, 0) is 4.79 Å². The van der Waals surface area contributed by atoms with E-state index >= 15 is 0 Å². The van der Waals surface area contributed by atoms with Gasteiger partial charge in [-0.1, -0.05) is 29.8 Å². The maximum atomic E-state index is 12.6. The number of nitrogens with one attached hydrogen (secondary N) is 2. The fourth-order valence-corrected chi connectivity index (χ4v) is 4.07. The lowest BCUT2D eigenvalue weighted by Crippen LogP contribution is -2.49. The fourth-order valence-electron chi connectivity index (χ4n) is 3.85. The highest BCUT2D eigenvalue weighted by Crippen LogP contribution is 2.30. The summed E-state index contributed by atoms with van der Waals surface area (Å²) in [5, 5.41) is 14.6. The van der Waals surface area contributed by atoms with Crippen LogP contribution in [0.1, 0.15) is 0 Å². The third-order valence-electron chi connectivity index (χ3n) is 5.33. The molecular formula is C21H23ClN4O3. The van der Waals surface area contributed by atoms with Gasteiger partial charge in [0, 0.05) is 48.5 Å². The van der Waals surface area contributed by atoms with E-state index in [1.807, 2.05) is 18.2 Å². The number of hydrogen-bond acceptors (Lipinski definition) is 5. The molecular weight excluding hydrogens is 392 g/mol. The number of fused-ring (bicyclic) bond motifs is 3. The lowest BCUT2D eigenvalue weighted by atomic mass is 10.1. The molecule has 1 amide bonds. The van der Waals surface area contributed by atoms with Crippen LogP contribution in [0, 0.1) is 0 Å². The Balaban J connectivity index is 1.56. The van der Waals surface area contributed by atoms with Gasteiger partial charge < -0.3 is 15.4 Å². The van der Waals surface area contributed by atoms with Crippen molar-refractivity contribution in [1.82, 2.24) is 14.8 Å². The van der Waals surface area contributed by atoms with E-state index in [1.165, 1.54) is 0 Å². The first-order valence-corrected chi connectivity index (χ1v) is 10.0. The molecule has 0 atom stereocenters. The number of aromatic nitrogens is 1. The quantitative estimate of drug-likeness (QED) is 0.555. The van der Waals surface area contributed by atoms with Gasteiger partial charge in [-0.25, -0.2) is 0 Å². The van der Waals surface area contributed by atoms with E-state index in [1.54, 1.807) is 18.2 Å². The van der Waals surface area contributed by atoms with Crippen molar-refractivity contribution in [2.75, 3.05) is 51.2 Å². The molecule has 1 aromatic heterocycles. The van der Waals surface area contributed by atoms with Crippen molar-refractivity contribution in [3.8, 4) is 0 Å². The number of piperazine rings is 1. The zero-order valence-corrected chi connectivity index (χ0v) is 16.7. The van der Waals surface area contributed by atoms with Gasteiger partial charge in [-0.3, -0.25) is 19.4 Å². The molecule has 3 N–H and O–H groups in total. The SMILES string of the molecule is O=C(CN1CCN(CCO)CC1)Nc1cc(Cl)cc2c1[nH]c(=O)c1ccccc12. The number of rotatable bonds is 5. The largest absolute Gasteiger partial charge is 0.395 e. The van der Waals surface area contributed by atoms with Gasteiger partial charge in [0.05, 0.1) is 24.4 Å². The van der Waals surface area contributed by atoms with Crippen LogP contribution in [0.2, 0.25) is 5.02 Å². The van der Waals surface area contributed by atoms with Gasteiger partial charge in [0.1, 0.15) is 0 Å². The van der Waals surface area contributed by atoms with Crippen LogP contribution < -0.4 is 10.9 Å². The van der Waals surface area contributed by atoms with Gasteiger partial charge >= 0.3 is 0 Å². The van der Waals surface area contributed by atoms with Crippen LogP contribution in [0.15, 0.2) is 41.2 Å². The number of aliphatic hydroxyl groups excluding tert-OH is 1. The van der Waals surface area contributed by atoms with Gasteiger partial charge in [0.25, 0.3) is 5.56 Å². The number of β-amino-alcohol motifs (C(OH)–C–C–N with tert-alkyl or cyclic N) is 1. The first-order chi connectivity index (χ1) is 14.0. The lowest BCUT2D eigenvalue weighted by molar-refractivity contribution is -0.117. The minimum atomic E-state index is -0.203. The van der Waals surface area contributed by atoms with Crippen molar-refractivity contribution in [3.05, 3.63) is 51.8 Å². The Kier molecular flexibility index (Phi) is 5.82. The molecule has 1 fully saturated rings. The molecule has 8 heteroatoms. The van der Waals surface area contributed by atoms with Gasteiger partial charge in [-0.05, 0) is 23.6 Å². The Morgan fingerprint density at radius 1 is 1.07 bits per heavy atom. The van der Waals surface area contributed by atoms with Crippen molar-refractivity contribution in [3.63, 3.8) is 0 Å². The summed E-state index contributed by atoms with van der Waals surface area (Å²) in [6, 6.07) is 10.8. The van der Waals surface area contributed by atoms with E-state index in [0.29, 0.717) is 28.2 Å². The summed E-state index contributed by atoms with van der Waals surface area (Å²) in [5.41, 5.74) is 0.865. The summed E-state index contributed by atoms with van der Waals surface area (Å²) in [6.45, 7) is 4.26. The third-order valence-corrected chi connectivity index (χ3v) is 5.54. The smallest absolute Gasteiger partial charge is 0.256 e. The van der Waals surface area contributed by atoms with Crippen molar-refractivity contribution in [1.29, 1.82) is 0 Å². The van der Waals surface area contributed by atoms with Crippen molar-refractivity contribution >= 4 is 44.9 Å². The minimum Gasteiger partial charge on any atom is -0.395 e. The van der Waals surface area contributed by atoms with Crippen LogP contribution in [0.3, 0.4) is 0 Å². The highest BCUT2D eigenvalue weighted by atomic mass is 35.5. The fraction of sp³-hybridized carbons (Fsp3) is 0.333. The number of aliphatic hydroxyl groups is 1. The van der Waals surface area contributed by atoms with E-state index in [0.717, 1.165) is 37.0 Å².